The number of pyridine rings is 4. The Hall–Kier alpha value is -10.8. The van der Waals surface area contributed by atoms with Crippen molar-refractivity contribution in [3.05, 3.63) is 191 Å². The first-order valence-electron chi connectivity index (χ1n) is 26.1. The van der Waals surface area contributed by atoms with Gasteiger partial charge in [0.15, 0.2) is 0 Å². The number of fused-ring (bicyclic) bond motifs is 6. The van der Waals surface area contributed by atoms with E-state index in [2.05, 4.69) is 149 Å². The van der Waals surface area contributed by atoms with Crippen molar-refractivity contribution in [2.24, 2.45) is 0 Å². The molecule has 15 aromatic rings. The van der Waals surface area contributed by atoms with Crippen LogP contribution < -0.4 is 16.0 Å². The fraction of sp³-hybridized carbons (Fsp3) is 0.119. The molecule has 0 radical (unpaired) electrons. The second kappa shape index (κ2) is 22.9. The van der Waals surface area contributed by atoms with Gasteiger partial charge in [-0.25, -0.2) is 19.9 Å². The van der Waals surface area contributed by atoms with Crippen LogP contribution in [-0.2, 0) is 13.0 Å². The molecule has 0 atom stereocenters. The second-order valence-electron chi connectivity index (χ2n) is 19.2. The Balaban J connectivity index is 0.000000108. The number of aromatic amines is 6. The second-order valence-corrected chi connectivity index (χ2v) is 20.2. The van der Waals surface area contributed by atoms with Gasteiger partial charge in [-0.2, -0.15) is 25.6 Å². The van der Waals surface area contributed by atoms with E-state index in [-0.39, 0.29) is 6.61 Å². The lowest BCUT2D eigenvalue weighted by molar-refractivity contribution is 0.282. The van der Waals surface area contributed by atoms with Gasteiger partial charge in [0, 0.05) is 92.3 Å². The molecule has 0 amide bonds. The number of aromatic nitrogens is 18. The van der Waals surface area contributed by atoms with E-state index < -0.39 is 0 Å². The maximum absolute atomic E-state index is 9.35. The van der Waals surface area contributed by atoms with E-state index in [9.17, 15) is 5.11 Å². The molecule has 0 unspecified atom stereocenters. The van der Waals surface area contributed by atoms with E-state index >= 15 is 0 Å². The van der Waals surface area contributed by atoms with E-state index in [4.69, 9.17) is 0 Å². The summed E-state index contributed by atoms with van der Waals surface area (Å²) in [5.74, 6) is 3.88. The molecule has 82 heavy (non-hydrogen) atoms. The number of imidazole rings is 1. The number of hydrogen-bond acceptors (Lipinski definition) is 17. The summed E-state index contributed by atoms with van der Waals surface area (Å²) in [7, 11) is 0. The van der Waals surface area contributed by atoms with E-state index in [0.29, 0.717) is 5.82 Å². The van der Waals surface area contributed by atoms with Gasteiger partial charge in [-0.1, -0.05) is 36.4 Å². The summed E-state index contributed by atoms with van der Waals surface area (Å²) >= 11 is 1.75. The van der Waals surface area contributed by atoms with Gasteiger partial charge in [-0.3, -0.25) is 25.4 Å². The third-order valence-electron chi connectivity index (χ3n) is 13.6. The molecule has 0 bridgehead atoms. The lowest BCUT2D eigenvalue weighted by Crippen LogP contribution is -1.98. The number of tetrazole rings is 1. The highest BCUT2D eigenvalue weighted by molar-refractivity contribution is 7.17. The number of benzene rings is 4. The smallest absolute Gasteiger partial charge is 0.204 e. The molecule has 0 saturated carbocycles. The van der Waals surface area contributed by atoms with Crippen LogP contribution in [0.3, 0.4) is 0 Å². The third-order valence-corrected chi connectivity index (χ3v) is 14.5. The Morgan fingerprint density at radius 3 is 1.74 bits per heavy atom. The Bertz CT molecular complexity index is 4680. The monoisotopic (exact) mass is 1100 g/mol. The van der Waals surface area contributed by atoms with Crippen molar-refractivity contribution in [3.8, 4) is 11.4 Å². The maximum Gasteiger partial charge on any atom is 0.204 e. The van der Waals surface area contributed by atoms with Gasteiger partial charge in [-0.15, -0.1) is 21.5 Å². The van der Waals surface area contributed by atoms with Crippen molar-refractivity contribution < 1.29 is 5.11 Å². The minimum absolute atomic E-state index is 0.0104. The number of hydrogen-bond donors (Lipinski definition) is 10. The summed E-state index contributed by atoms with van der Waals surface area (Å²) in [6.07, 6.45) is 7.76. The minimum atomic E-state index is -0.0104. The quantitative estimate of drug-likeness (QED) is 0.0609. The van der Waals surface area contributed by atoms with E-state index in [1.54, 1.807) is 36.1 Å². The third kappa shape index (κ3) is 11.0. The average Bonchev–Trinajstić information content (AvgIpc) is 4.56. The lowest BCUT2D eigenvalue weighted by atomic mass is 10.0. The van der Waals surface area contributed by atoms with Crippen molar-refractivity contribution in [2.75, 3.05) is 16.0 Å². The zero-order valence-electron chi connectivity index (χ0n) is 45.0. The number of nitrogens with zero attached hydrogens (tertiary/aromatic N) is 12. The Kier molecular flexibility index (Phi) is 14.5. The van der Waals surface area contributed by atoms with Crippen LogP contribution >= 0.6 is 11.3 Å². The van der Waals surface area contributed by atoms with Crippen LogP contribution in [0.2, 0.25) is 0 Å². The van der Waals surface area contributed by atoms with Gasteiger partial charge in [0.05, 0.1) is 61.6 Å². The molecule has 10 N–H and O–H groups in total. The number of anilines is 6. The fourth-order valence-electron chi connectivity index (χ4n) is 9.70. The molecular formula is C59H53N21OS. The highest BCUT2D eigenvalue weighted by Gasteiger charge is 2.14. The van der Waals surface area contributed by atoms with Crippen molar-refractivity contribution in [3.63, 3.8) is 0 Å². The normalized spacial score (nSPS) is 11.1. The molecule has 0 saturated heterocycles. The van der Waals surface area contributed by atoms with Crippen LogP contribution in [0.5, 0.6) is 0 Å². The molecule has 15 rings (SSSR count). The first kappa shape index (κ1) is 51.9. The van der Waals surface area contributed by atoms with Gasteiger partial charge in [0.25, 0.3) is 0 Å². The van der Waals surface area contributed by atoms with Crippen molar-refractivity contribution in [1.29, 1.82) is 0 Å². The molecule has 4 aromatic carbocycles. The summed E-state index contributed by atoms with van der Waals surface area (Å²) in [6, 6.07) is 37.8. The topological polar surface area (TPSA) is 306 Å². The van der Waals surface area contributed by atoms with Crippen molar-refractivity contribution in [2.45, 2.75) is 47.6 Å². The molecule has 0 aliphatic heterocycles. The predicted molar refractivity (Wildman–Crippen MR) is 322 cm³/mol. The first-order chi connectivity index (χ1) is 40.1. The largest absolute Gasteiger partial charge is 0.392 e. The number of aliphatic hydroxyl groups excluding tert-OH is 1. The summed E-state index contributed by atoms with van der Waals surface area (Å²) in [6.45, 7) is 9.90. The maximum atomic E-state index is 9.35. The molecule has 11 aromatic heterocycles. The summed E-state index contributed by atoms with van der Waals surface area (Å²) in [5, 5.41) is 69.9. The van der Waals surface area contributed by atoms with E-state index in [0.717, 1.165) is 147 Å². The summed E-state index contributed by atoms with van der Waals surface area (Å²) in [4.78, 5) is 25.4. The van der Waals surface area contributed by atoms with Crippen molar-refractivity contribution in [1.82, 2.24) is 91.3 Å². The standard InChI is InChI=1S/C15H13N7.C15H14N6.C15H12N4S.C14H14N4O/c1-9-14-12(18-17-9)5-6-16-13(14)8-10-3-2-4-11(7-10)15-19-21-22-20-15;1-8-14-12(21-20-8)5-6-16-15(14)19-10-3-4-11-13(7-10)18-9(2)17-11;1-9-14-12(19-18-9)4-6-16-15(14)17-11-2-3-13-10(8-11)5-7-20-13;1-9-13-12(18-17-9)6-7-15-14(13)16-11-5-3-2-4-10(11)8-19/h2-7H,8H2,1H3,(H,17,18)(H,19,20,21,22);3-7H,1-2H3,(H,16,19)(H,17,18)(H,20,21);2-8H,1H3,(H,16,17)(H,18,19);2-7,19H,8H2,1H3,(H,15,16)(H,17,18). The Labute approximate surface area is 470 Å². The highest BCUT2D eigenvalue weighted by atomic mass is 32.1. The number of H-pyrrole nitrogens is 6. The highest BCUT2D eigenvalue weighted by Crippen LogP contribution is 2.31. The van der Waals surface area contributed by atoms with Crippen LogP contribution in [-0.4, -0.2) is 96.4 Å². The molecule has 11 heterocycles. The molecule has 0 spiro atoms. The minimum Gasteiger partial charge on any atom is -0.392 e. The van der Waals surface area contributed by atoms with Gasteiger partial charge in [-0.05, 0) is 135 Å². The van der Waals surface area contributed by atoms with Crippen LogP contribution in [0.1, 0.15) is 45.4 Å². The molecular weight excluding hydrogens is 1050 g/mol. The molecule has 0 aliphatic rings. The number of aliphatic hydroxyl groups is 1. The van der Waals surface area contributed by atoms with E-state index in [1.165, 1.54) is 10.1 Å². The first-order valence-corrected chi connectivity index (χ1v) is 26.9. The van der Waals surface area contributed by atoms with Gasteiger partial charge < -0.3 is 26.0 Å². The molecule has 0 aliphatic carbocycles. The van der Waals surface area contributed by atoms with Gasteiger partial charge >= 0.3 is 0 Å². The average molecular weight is 1100 g/mol. The van der Waals surface area contributed by atoms with Crippen LogP contribution in [0, 0.1) is 34.6 Å². The zero-order valence-corrected chi connectivity index (χ0v) is 45.8. The van der Waals surface area contributed by atoms with Crippen LogP contribution in [0.25, 0.3) is 76.1 Å². The summed E-state index contributed by atoms with van der Waals surface area (Å²) < 4.78 is 1.29. The Morgan fingerprint density at radius 2 is 1.11 bits per heavy atom. The number of nitrogens with one attached hydrogen (secondary N) is 9. The molecule has 22 nitrogen and oxygen atoms in total. The number of rotatable bonds is 10. The lowest BCUT2D eigenvalue weighted by Gasteiger charge is -2.10. The molecule has 406 valence electrons. The zero-order chi connectivity index (χ0) is 56.1. The van der Waals surface area contributed by atoms with Crippen LogP contribution in [0.15, 0.2) is 145 Å². The number of para-hydroxylation sites is 1. The van der Waals surface area contributed by atoms with Crippen LogP contribution in [0.4, 0.5) is 34.5 Å². The summed E-state index contributed by atoms with van der Waals surface area (Å²) in [5.41, 5.74) is 16.4. The van der Waals surface area contributed by atoms with Gasteiger partial charge in [0.1, 0.15) is 23.3 Å². The fourth-order valence-corrected chi connectivity index (χ4v) is 10.5. The van der Waals surface area contributed by atoms with Gasteiger partial charge in [0.2, 0.25) is 5.82 Å². The molecule has 0 fully saturated rings. The SMILES string of the molecule is Cc1[nH]nc2ccnc(Cc3cccc(-c4nn[nH]n4)c3)c12.Cc1[nH]nc2ccnc(Nc3ccc4sccc4c3)c12.Cc1[nH]nc2ccnc(Nc3ccccc3CO)c12.Cc1nc2ccc(Nc3nccc4n[nH]c(C)c34)cc2[nH]1. The Morgan fingerprint density at radius 1 is 0.524 bits per heavy atom. The molecule has 23 heteroatoms. The van der Waals surface area contributed by atoms with E-state index in [1.807, 2.05) is 113 Å². The van der Waals surface area contributed by atoms with Crippen molar-refractivity contribution >= 4 is 111 Å². The predicted octanol–water partition coefficient (Wildman–Crippen LogP) is 12.0. The number of thiophene rings is 1. The number of aryl methyl sites for hydroxylation is 5.